The number of isocyanates is 1. The maximum Gasteiger partial charge on any atom is 0.416 e. The molecule has 19 heavy (non-hydrogen) atoms. The molecule has 2 rings (SSSR count). The molecule has 1 aromatic carbocycles. The lowest BCUT2D eigenvalue weighted by Crippen LogP contribution is -2.11. The Morgan fingerprint density at radius 2 is 2.05 bits per heavy atom. The first-order chi connectivity index (χ1) is 8.84. The van der Waals surface area contributed by atoms with Gasteiger partial charge >= 0.3 is 6.18 Å². The first-order valence-corrected chi connectivity index (χ1v) is 6.17. The molecule has 0 amide bonds. The van der Waals surface area contributed by atoms with Crippen molar-refractivity contribution in [3.63, 3.8) is 0 Å². The van der Waals surface area contributed by atoms with Crippen LogP contribution in [-0.4, -0.2) is 13.2 Å². The van der Waals surface area contributed by atoms with Gasteiger partial charge in [-0.1, -0.05) is 0 Å². The normalized spacial score (nSPS) is 16.7. The molecule has 0 heterocycles. The minimum atomic E-state index is -4.47. The molecule has 1 aliphatic rings. The second-order valence-electron chi connectivity index (χ2n) is 4.27. The van der Waals surface area contributed by atoms with Crippen molar-refractivity contribution >= 4 is 22.0 Å². The van der Waals surface area contributed by atoms with Gasteiger partial charge in [0.1, 0.15) is 11.3 Å². The molecule has 0 radical (unpaired) electrons. The van der Waals surface area contributed by atoms with Gasteiger partial charge in [0.25, 0.3) is 0 Å². The molecular weight excluding hydrogens is 327 g/mol. The van der Waals surface area contributed by atoms with Crippen LogP contribution in [0, 0.1) is 0 Å². The first-order valence-electron chi connectivity index (χ1n) is 5.38. The largest absolute Gasteiger partial charge is 0.495 e. The fraction of sp³-hybridized carbons (Fsp3) is 0.417. The lowest BCUT2D eigenvalue weighted by molar-refractivity contribution is -0.137. The molecule has 0 spiro atoms. The van der Waals surface area contributed by atoms with Crippen LogP contribution in [0.5, 0.6) is 5.75 Å². The van der Waals surface area contributed by atoms with E-state index in [1.165, 1.54) is 13.2 Å². The van der Waals surface area contributed by atoms with Crippen molar-refractivity contribution in [1.82, 2.24) is 0 Å². The van der Waals surface area contributed by atoms with E-state index in [1.54, 1.807) is 0 Å². The number of halogens is 4. The zero-order chi connectivity index (χ0) is 14.3. The number of nitrogens with zero attached hydrogens (tertiary/aromatic N) is 1. The highest BCUT2D eigenvalue weighted by Crippen LogP contribution is 2.54. The van der Waals surface area contributed by atoms with Crippen LogP contribution < -0.4 is 4.74 Å². The Balaban J connectivity index is 2.64. The Labute approximate surface area is 115 Å². The number of hydrogen-bond donors (Lipinski definition) is 0. The molecule has 0 aromatic heterocycles. The van der Waals surface area contributed by atoms with Gasteiger partial charge in [0, 0.05) is 5.56 Å². The van der Waals surface area contributed by atoms with Crippen molar-refractivity contribution in [2.75, 3.05) is 7.11 Å². The zero-order valence-electron chi connectivity index (χ0n) is 9.84. The summed E-state index contributed by atoms with van der Waals surface area (Å²) in [7, 11) is 1.36. The average molecular weight is 336 g/mol. The van der Waals surface area contributed by atoms with Gasteiger partial charge in [-0.15, -0.1) is 0 Å². The second-order valence-corrected chi connectivity index (χ2v) is 5.13. The Bertz CT molecular complexity index is 561. The standard InChI is InChI=1S/C12H9BrF3NO2/c1-19-10-8(11(2-3-11)17-6-18)4-7(5-9(10)13)12(14,15)16/h4-5H,2-3H2,1H3. The highest BCUT2D eigenvalue weighted by atomic mass is 79.9. The summed E-state index contributed by atoms with van der Waals surface area (Å²) in [5, 5.41) is 0. The third-order valence-electron chi connectivity index (χ3n) is 3.06. The smallest absolute Gasteiger partial charge is 0.416 e. The lowest BCUT2D eigenvalue weighted by Gasteiger charge is -2.18. The molecule has 1 fully saturated rings. The van der Waals surface area contributed by atoms with Crippen LogP contribution in [0.15, 0.2) is 21.6 Å². The van der Waals surface area contributed by atoms with E-state index in [0.717, 1.165) is 12.1 Å². The molecule has 102 valence electrons. The summed E-state index contributed by atoms with van der Waals surface area (Å²) in [6.45, 7) is 0. The summed E-state index contributed by atoms with van der Waals surface area (Å²) in [5.41, 5.74) is -1.46. The van der Waals surface area contributed by atoms with Crippen LogP contribution in [0.1, 0.15) is 24.0 Å². The molecule has 1 aliphatic carbocycles. The molecule has 3 nitrogen and oxygen atoms in total. The summed E-state index contributed by atoms with van der Waals surface area (Å²) < 4.78 is 43.7. The van der Waals surface area contributed by atoms with Crippen LogP contribution in [-0.2, 0) is 16.5 Å². The van der Waals surface area contributed by atoms with E-state index >= 15 is 0 Å². The molecule has 0 bridgehead atoms. The molecule has 7 heteroatoms. The Hall–Kier alpha value is -1.33. The second kappa shape index (κ2) is 4.65. The van der Waals surface area contributed by atoms with Crippen molar-refractivity contribution in [1.29, 1.82) is 0 Å². The average Bonchev–Trinajstić information content (AvgIpc) is 3.08. The molecule has 0 unspecified atom stereocenters. The van der Waals surface area contributed by atoms with Gasteiger partial charge in [0.05, 0.1) is 17.1 Å². The minimum Gasteiger partial charge on any atom is -0.495 e. The maximum absolute atomic E-state index is 12.8. The minimum absolute atomic E-state index is 0.187. The van der Waals surface area contributed by atoms with Crippen molar-refractivity contribution in [3.05, 3.63) is 27.7 Å². The predicted molar refractivity (Wildman–Crippen MR) is 64.7 cm³/mol. The van der Waals surface area contributed by atoms with Gasteiger partial charge in [-0.2, -0.15) is 18.2 Å². The molecule has 0 N–H and O–H groups in total. The van der Waals surface area contributed by atoms with E-state index in [-0.39, 0.29) is 15.8 Å². The Morgan fingerprint density at radius 3 is 2.47 bits per heavy atom. The number of rotatable bonds is 3. The quantitative estimate of drug-likeness (QED) is 0.622. The van der Waals surface area contributed by atoms with Gasteiger partial charge in [-0.3, -0.25) is 0 Å². The fourth-order valence-electron chi connectivity index (χ4n) is 1.96. The molecule has 1 aromatic rings. The van der Waals surface area contributed by atoms with Gasteiger partial charge in [-0.25, -0.2) is 4.79 Å². The number of carbonyl (C=O) groups excluding carboxylic acids is 1. The summed E-state index contributed by atoms with van der Waals surface area (Å²) in [6, 6.07) is 1.93. The van der Waals surface area contributed by atoms with Crippen molar-refractivity contribution in [2.24, 2.45) is 4.99 Å². The summed E-state index contributed by atoms with van der Waals surface area (Å²) in [5.74, 6) is 0.268. The number of ether oxygens (including phenoxy) is 1. The van der Waals surface area contributed by atoms with Crippen LogP contribution in [0.25, 0.3) is 0 Å². The van der Waals surface area contributed by atoms with Crippen LogP contribution >= 0.6 is 15.9 Å². The summed E-state index contributed by atoms with van der Waals surface area (Å²) in [6.07, 6.45) is -2.03. The maximum atomic E-state index is 12.8. The van der Waals surface area contributed by atoms with Crippen LogP contribution in [0.3, 0.4) is 0 Å². The first kappa shape index (κ1) is 14.1. The topological polar surface area (TPSA) is 38.7 Å². The van der Waals surface area contributed by atoms with Crippen LogP contribution in [0.4, 0.5) is 13.2 Å². The van der Waals surface area contributed by atoms with Gasteiger partial charge in [0.15, 0.2) is 0 Å². The van der Waals surface area contributed by atoms with Gasteiger partial charge in [0.2, 0.25) is 6.08 Å². The van der Waals surface area contributed by atoms with Crippen molar-refractivity contribution < 1.29 is 22.7 Å². The van der Waals surface area contributed by atoms with E-state index in [9.17, 15) is 18.0 Å². The number of aliphatic imine (C=N–C) groups is 1. The van der Waals surface area contributed by atoms with Gasteiger partial charge in [-0.05, 0) is 40.9 Å². The van der Waals surface area contributed by atoms with E-state index in [1.807, 2.05) is 0 Å². The summed E-state index contributed by atoms with van der Waals surface area (Å²) in [4.78, 5) is 14.1. The molecule has 0 aliphatic heterocycles. The Morgan fingerprint density at radius 1 is 1.42 bits per heavy atom. The third kappa shape index (κ3) is 2.53. The molecule has 1 saturated carbocycles. The summed E-state index contributed by atoms with van der Waals surface area (Å²) >= 11 is 3.06. The number of alkyl halides is 3. The molecule has 0 atom stereocenters. The third-order valence-corrected chi connectivity index (χ3v) is 3.65. The Kier molecular flexibility index (Phi) is 3.45. The van der Waals surface area contributed by atoms with E-state index in [0.29, 0.717) is 12.8 Å². The highest BCUT2D eigenvalue weighted by molar-refractivity contribution is 9.10. The van der Waals surface area contributed by atoms with Crippen molar-refractivity contribution in [3.8, 4) is 5.75 Å². The molecule has 0 saturated heterocycles. The van der Waals surface area contributed by atoms with E-state index in [2.05, 4.69) is 20.9 Å². The van der Waals surface area contributed by atoms with E-state index < -0.39 is 17.3 Å². The highest BCUT2D eigenvalue weighted by Gasteiger charge is 2.48. The lowest BCUT2D eigenvalue weighted by atomic mass is 10.0. The fourth-order valence-corrected chi connectivity index (χ4v) is 2.58. The van der Waals surface area contributed by atoms with Crippen LogP contribution in [0.2, 0.25) is 0 Å². The monoisotopic (exact) mass is 335 g/mol. The van der Waals surface area contributed by atoms with E-state index in [4.69, 9.17) is 4.74 Å². The SMILES string of the molecule is COc1c(Br)cc(C(F)(F)F)cc1C1(N=C=O)CC1. The van der Waals surface area contributed by atoms with Crippen molar-refractivity contribution in [2.45, 2.75) is 24.6 Å². The molecular formula is C12H9BrF3NO2. The predicted octanol–water partition coefficient (Wildman–Crippen LogP) is 3.80. The van der Waals surface area contributed by atoms with Gasteiger partial charge < -0.3 is 4.74 Å². The number of methoxy groups -OCH3 is 1. The zero-order valence-corrected chi connectivity index (χ0v) is 11.4. The number of benzene rings is 1. The number of hydrogen-bond acceptors (Lipinski definition) is 3.